The molecule has 0 radical (unpaired) electrons. The van der Waals surface area contributed by atoms with Crippen molar-refractivity contribution in [3.8, 4) is 0 Å². The van der Waals surface area contributed by atoms with Crippen molar-refractivity contribution in [3.63, 3.8) is 0 Å². The van der Waals surface area contributed by atoms with Gasteiger partial charge in [0, 0.05) is 32.3 Å². The van der Waals surface area contributed by atoms with Gasteiger partial charge in [0.2, 0.25) is 0 Å². The topological polar surface area (TPSA) is 18.5 Å². The van der Waals surface area contributed by atoms with E-state index in [0.717, 1.165) is 51.6 Å². The smallest absolute Gasteiger partial charge is 0.0488 e. The number of halogens is 1. The third kappa shape index (κ3) is 4.71. The quantitative estimate of drug-likeness (QED) is 0.520. The molecule has 0 atom stereocenters. The summed E-state index contributed by atoms with van der Waals surface area (Å²) < 4.78 is 11.0. The predicted octanol–water partition coefficient (Wildman–Crippen LogP) is 3.08. The van der Waals surface area contributed by atoms with Gasteiger partial charge in [-0.05, 0) is 30.6 Å². The second-order valence-corrected chi connectivity index (χ2v) is 5.23. The molecule has 3 heteroatoms. The van der Waals surface area contributed by atoms with E-state index in [1.54, 1.807) is 0 Å². The predicted molar refractivity (Wildman–Crippen MR) is 63.5 cm³/mol. The zero-order valence-electron chi connectivity index (χ0n) is 9.93. The Bertz CT molecular complexity index is 165. The molecule has 0 N–H and O–H groups in total. The average Bonchev–Trinajstić information content (AvgIpc) is 2.26. The van der Waals surface area contributed by atoms with Crippen molar-refractivity contribution in [2.24, 2.45) is 11.3 Å². The molecular weight excluding hydrogens is 212 g/mol. The van der Waals surface area contributed by atoms with E-state index in [0.29, 0.717) is 5.92 Å². The average molecular weight is 235 g/mol. The van der Waals surface area contributed by atoms with Crippen LogP contribution in [-0.4, -0.2) is 32.3 Å². The fourth-order valence-electron chi connectivity index (χ4n) is 1.86. The van der Waals surface area contributed by atoms with E-state index < -0.39 is 0 Å². The van der Waals surface area contributed by atoms with Crippen molar-refractivity contribution in [1.82, 2.24) is 0 Å². The maximum absolute atomic E-state index is 6.07. The highest BCUT2D eigenvalue weighted by Crippen LogP contribution is 2.35. The first-order chi connectivity index (χ1) is 7.18. The van der Waals surface area contributed by atoms with Crippen molar-refractivity contribution in [3.05, 3.63) is 0 Å². The van der Waals surface area contributed by atoms with E-state index in [2.05, 4.69) is 13.8 Å². The molecule has 0 spiro atoms. The molecule has 0 unspecified atom stereocenters. The van der Waals surface area contributed by atoms with Crippen LogP contribution in [0, 0.1) is 11.3 Å². The van der Waals surface area contributed by atoms with Crippen LogP contribution in [0.2, 0.25) is 0 Å². The van der Waals surface area contributed by atoms with Gasteiger partial charge in [0.05, 0.1) is 0 Å². The first-order valence-corrected chi connectivity index (χ1v) is 6.43. The Morgan fingerprint density at radius 3 is 2.53 bits per heavy atom. The standard InChI is InChI=1S/C12H23ClO2/c1-11(2)9-15-8-5-12(10-13)3-6-14-7-4-12/h11H,3-10H2,1-2H3. The van der Waals surface area contributed by atoms with Gasteiger partial charge < -0.3 is 9.47 Å². The second-order valence-electron chi connectivity index (χ2n) is 4.96. The SMILES string of the molecule is CC(C)COCCC1(CCl)CCOCC1. The highest BCUT2D eigenvalue weighted by Gasteiger charge is 2.31. The van der Waals surface area contributed by atoms with Crippen LogP contribution in [0.5, 0.6) is 0 Å². The van der Waals surface area contributed by atoms with Gasteiger partial charge in [-0.25, -0.2) is 0 Å². The maximum Gasteiger partial charge on any atom is 0.0488 e. The summed E-state index contributed by atoms with van der Waals surface area (Å²) in [4.78, 5) is 0. The molecule has 15 heavy (non-hydrogen) atoms. The third-order valence-corrected chi connectivity index (χ3v) is 3.63. The summed E-state index contributed by atoms with van der Waals surface area (Å²) in [6.45, 7) is 7.76. The van der Waals surface area contributed by atoms with E-state index >= 15 is 0 Å². The van der Waals surface area contributed by atoms with Crippen molar-refractivity contribution < 1.29 is 9.47 Å². The molecule has 1 rings (SSSR count). The largest absolute Gasteiger partial charge is 0.381 e. The van der Waals surface area contributed by atoms with Gasteiger partial charge in [0.25, 0.3) is 0 Å². The molecule has 0 aliphatic carbocycles. The van der Waals surface area contributed by atoms with Gasteiger partial charge >= 0.3 is 0 Å². The fourth-order valence-corrected chi connectivity index (χ4v) is 2.26. The van der Waals surface area contributed by atoms with E-state index in [-0.39, 0.29) is 5.41 Å². The number of hydrogen-bond acceptors (Lipinski definition) is 2. The van der Waals surface area contributed by atoms with Crippen molar-refractivity contribution >= 4 is 11.6 Å². The Morgan fingerprint density at radius 2 is 2.00 bits per heavy atom. The number of hydrogen-bond donors (Lipinski definition) is 0. The lowest BCUT2D eigenvalue weighted by molar-refractivity contribution is 0.00179. The lowest BCUT2D eigenvalue weighted by Crippen LogP contribution is -2.32. The van der Waals surface area contributed by atoms with E-state index in [9.17, 15) is 0 Å². The monoisotopic (exact) mass is 234 g/mol. The molecule has 0 bridgehead atoms. The Hall–Kier alpha value is 0.210. The van der Waals surface area contributed by atoms with Crippen molar-refractivity contribution in [2.45, 2.75) is 33.1 Å². The van der Waals surface area contributed by atoms with Crippen LogP contribution >= 0.6 is 11.6 Å². The first kappa shape index (κ1) is 13.3. The van der Waals surface area contributed by atoms with Gasteiger partial charge in [-0.3, -0.25) is 0 Å². The van der Waals surface area contributed by atoms with Gasteiger partial charge in [0.1, 0.15) is 0 Å². The van der Waals surface area contributed by atoms with Gasteiger partial charge in [-0.15, -0.1) is 11.6 Å². The summed E-state index contributed by atoms with van der Waals surface area (Å²) in [5.74, 6) is 1.35. The van der Waals surface area contributed by atoms with Crippen LogP contribution in [0.15, 0.2) is 0 Å². The Balaban J connectivity index is 2.20. The van der Waals surface area contributed by atoms with Crippen LogP contribution in [-0.2, 0) is 9.47 Å². The lowest BCUT2D eigenvalue weighted by Gasteiger charge is -2.35. The molecule has 0 aromatic heterocycles. The molecule has 0 amide bonds. The molecular formula is C12H23ClO2. The molecule has 1 saturated heterocycles. The molecule has 90 valence electrons. The first-order valence-electron chi connectivity index (χ1n) is 5.90. The van der Waals surface area contributed by atoms with Crippen LogP contribution < -0.4 is 0 Å². The summed E-state index contributed by atoms with van der Waals surface area (Å²) in [6.07, 6.45) is 3.25. The molecule has 0 aromatic carbocycles. The number of alkyl halides is 1. The summed E-state index contributed by atoms with van der Waals surface area (Å²) in [5.41, 5.74) is 0.275. The fraction of sp³-hybridized carbons (Fsp3) is 1.00. The second kappa shape index (κ2) is 6.72. The van der Waals surface area contributed by atoms with Gasteiger partial charge in [0.15, 0.2) is 0 Å². The molecule has 1 aliphatic heterocycles. The minimum Gasteiger partial charge on any atom is -0.381 e. The van der Waals surface area contributed by atoms with Crippen molar-refractivity contribution in [1.29, 1.82) is 0 Å². The number of rotatable bonds is 6. The summed E-state index contributed by atoms with van der Waals surface area (Å²) in [5, 5.41) is 0. The number of ether oxygens (including phenoxy) is 2. The zero-order chi connectivity index (χ0) is 11.1. The minimum atomic E-state index is 0.275. The highest BCUT2D eigenvalue weighted by molar-refractivity contribution is 6.18. The molecule has 0 aromatic rings. The molecule has 1 fully saturated rings. The molecule has 0 saturated carbocycles. The van der Waals surface area contributed by atoms with E-state index in [1.165, 1.54) is 0 Å². The third-order valence-electron chi connectivity index (χ3n) is 3.06. The zero-order valence-corrected chi connectivity index (χ0v) is 10.7. The Morgan fingerprint density at radius 1 is 1.33 bits per heavy atom. The molecule has 1 heterocycles. The summed E-state index contributed by atoms with van der Waals surface area (Å²) >= 11 is 6.07. The van der Waals surface area contributed by atoms with Crippen LogP contribution in [0.1, 0.15) is 33.1 Å². The Kier molecular flexibility index (Phi) is 5.95. The van der Waals surface area contributed by atoms with Crippen molar-refractivity contribution in [2.75, 3.05) is 32.3 Å². The van der Waals surface area contributed by atoms with Gasteiger partial charge in [-0.2, -0.15) is 0 Å². The van der Waals surface area contributed by atoms with E-state index in [4.69, 9.17) is 21.1 Å². The summed E-state index contributed by atoms with van der Waals surface area (Å²) in [7, 11) is 0. The highest BCUT2D eigenvalue weighted by atomic mass is 35.5. The lowest BCUT2D eigenvalue weighted by atomic mass is 9.79. The Labute approximate surface area is 98.3 Å². The molecule has 1 aliphatic rings. The van der Waals surface area contributed by atoms with Crippen LogP contribution in [0.3, 0.4) is 0 Å². The minimum absolute atomic E-state index is 0.275. The van der Waals surface area contributed by atoms with Crippen LogP contribution in [0.4, 0.5) is 0 Å². The van der Waals surface area contributed by atoms with Gasteiger partial charge in [-0.1, -0.05) is 13.8 Å². The summed E-state index contributed by atoms with van der Waals surface area (Å²) in [6, 6.07) is 0. The molecule has 2 nitrogen and oxygen atoms in total. The van der Waals surface area contributed by atoms with E-state index in [1.807, 2.05) is 0 Å². The normalized spacial score (nSPS) is 20.8. The van der Waals surface area contributed by atoms with Crippen LogP contribution in [0.25, 0.3) is 0 Å². The maximum atomic E-state index is 6.07.